The van der Waals surface area contributed by atoms with Crippen LogP contribution in [-0.4, -0.2) is 14.2 Å². The van der Waals surface area contributed by atoms with Gasteiger partial charge in [-0.1, -0.05) is 89.1 Å². The van der Waals surface area contributed by atoms with Gasteiger partial charge in [0, 0.05) is 25.7 Å². The molecular weight excluding hydrogens is 284 g/mol. The SMILES string of the molecule is CCCCCCCCC(CCC)C(OC)(OC)c1ccccc1. The minimum Gasteiger partial charge on any atom is -0.349 e. The van der Waals surface area contributed by atoms with E-state index in [0.29, 0.717) is 5.92 Å². The van der Waals surface area contributed by atoms with Crippen molar-refractivity contribution in [3.8, 4) is 0 Å². The maximum Gasteiger partial charge on any atom is 0.197 e. The number of hydrogen-bond donors (Lipinski definition) is 0. The molecule has 2 nitrogen and oxygen atoms in total. The molecule has 0 aliphatic carbocycles. The van der Waals surface area contributed by atoms with Crippen LogP contribution in [0.3, 0.4) is 0 Å². The second-order valence-corrected chi connectivity index (χ2v) is 6.48. The molecule has 0 heterocycles. The van der Waals surface area contributed by atoms with Crippen LogP contribution in [-0.2, 0) is 15.3 Å². The molecule has 1 rings (SSSR count). The number of methoxy groups -OCH3 is 2. The molecule has 0 N–H and O–H groups in total. The zero-order chi connectivity index (χ0) is 17.0. The Bertz CT molecular complexity index is 384. The molecule has 0 saturated heterocycles. The molecule has 0 aliphatic rings. The van der Waals surface area contributed by atoms with Crippen molar-refractivity contribution in [2.45, 2.75) is 77.4 Å². The summed E-state index contributed by atoms with van der Waals surface area (Å²) in [5.41, 5.74) is 1.13. The molecule has 0 bridgehead atoms. The summed E-state index contributed by atoms with van der Waals surface area (Å²) < 4.78 is 11.9. The monoisotopic (exact) mass is 320 g/mol. The van der Waals surface area contributed by atoms with Gasteiger partial charge in [0.15, 0.2) is 5.79 Å². The van der Waals surface area contributed by atoms with Crippen molar-refractivity contribution in [1.29, 1.82) is 0 Å². The van der Waals surface area contributed by atoms with Crippen molar-refractivity contribution in [2.24, 2.45) is 5.92 Å². The third kappa shape index (κ3) is 5.93. The van der Waals surface area contributed by atoms with E-state index in [0.717, 1.165) is 24.8 Å². The maximum atomic E-state index is 5.96. The largest absolute Gasteiger partial charge is 0.349 e. The van der Waals surface area contributed by atoms with E-state index in [1.54, 1.807) is 14.2 Å². The second-order valence-electron chi connectivity index (χ2n) is 6.48. The lowest BCUT2D eigenvalue weighted by Gasteiger charge is -2.39. The summed E-state index contributed by atoms with van der Waals surface area (Å²) in [4.78, 5) is 0. The number of rotatable bonds is 13. The van der Waals surface area contributed by atoms with Crippen LogP contribution in [0.2, 0.25) is 0 Å². The topological polar surface area (TPSA) is 18.5 Å². The van der Waals surface area contributed by atoms with Crippen molar-refractivity contribution in [3.05, 3.63) is 35.9 Å². The quantitative estimate of drug-likeness (QED) is 0.314. The zero-order valence-electron chi connectivity index (χ0n) is 15.6. The predicted molar refractivity (Wildman–Crippen MR) is 98.5 cm³/mol. The van der Waals surface area contributed by atoms with Crippen molar-refractivity contribution in [3.63, 3.8) is 0 Å². The van der Waals surface area contributed by atoms with Crippen LogP contribution in [0.4, 0.5) is 0 Å². The van der Waals surface area contributed by atoms with Crippen LogP contribution in [0.25, 0.3) is 0 Å². The van der Waals surface area contributed by atoms with E-state index in [4.69, 9.17) is 9.47 Å². The first kappa shape index (κ1) is 20.2. The summed E-state index contributed by atoms with van der Waals surface area (Å²) in [6.07, 6.45) is 11.4. The third-order valence-corrected chi connectivity index (χ3v) is 4.86. The fourth-order valence-electron chi connectivity index (χ4n) is 3.60. The lowest BCUT2D eigenvalue weighted by molar-refractivity contribution is -0.253. The minimum absolute atomic E-state index is 0.399. The van der Waals surface area contributed by atoms with Crippen molar-refractivity contribution < 1.29 is 9.47 Å². The maximum absolute atomic E-state index is 5.96. The van der Waals surface area contributed by atoms with E-state index in [9.17, 15) is 0 Å². The first-order chi connectivity index (χ1) is 11.2. The molecule has 0 aromatic heterocycles. The van der Waals surface area contributed by atoms with Gasteiger partial charge in [-0.2, -0.15) is 0 Å². The Morgan fingerprint density at radius 2 is 1.39 bits per heavy atom. The zero-order valence-corrected chi connectivity index (χ0v) is 15.6. The average molecular weight is 321 g/mol. The minimum atomic E-state index is -0.610. The summed E-state index contributed by atoms with van der Waals surface area (Å²) in [6, 6.07) is 10.4. The van der Waals surface area contributed by atoms with Crippen LogP contribution in [0.15, 0.2) is 30.3 Å². The Morgan fingerprint density at radius 3 is 1.96 bits per heavy atom. The summed E-state index contributed by atoms with van der Waals surface area (Å²) in [5, 5.41) is 0. The second kappa shape index (κ2) is 11.6. The van der Waals surface area contributed by atoms with Gasteiger partial charge in [-0.25, -0.2) is 0 Å². The van der Waals surface area contributed by atoms with Gasteiger partial charge < -0.3 is 9.47 Å². The lowest BCUT2D eigenvalue weighted by atomic mass is 9.84. The molecule has 23 heavy (non-hydrogen) atoms. The van der Waals surface area contributed by atoms with E-state index >= 15 is 0 Å². The lowest BCUT2D eigenvalue weighted by Crippen LogP contribution is -2.39. The van der Waals surface area contributed by atoms with Crippen LogP contribution in [0, 0.1) is 5.92 Å². The Hall–Kier alpha value is -0.860. The summed E-state index contributed by atoms with van der Waals surface area (Å²) in [7, 11) is 3.56. The molecule has 0 spiro atoms. The fraction of sp³-hybridized carbons (Fsp3) is 0.714. The van der Waals surface area contributed by atoms with E-state index in [2.05, 4.69) is 38.1 Å². The number of unbranched alkanes of at least 4 members (excludes halogenated alkanes) is 5. The summed E-state index contributed by atoms with van der Waals surface area (Å²) in [6.45, 7) is 4.51. The highest BCUT2D eigenvalue weighted by molar-refractivity contribution is 5.21. The Kier molecular flexibility index (Phi) is 10.2. The molecule has 0 fully saturated rings. The van der Waals surface area contributed by atoms with Gasteiger partial charge in [-0.15, -0.1) is 0 Å². The van der Waals surface area contributed by atoms with Gasteiger partial charge in [-0.05, 0) is 12.8 Å². The fourth-order valence-corrected chi connectivity index (χ4v) is 3.60. The van der Waals surface area contributed by atoms with E-state index in [-0.39, 0.29) is 0 Å². The van der Waals surface area contributed by atoms with E-state index < -0.39 is 5.79 Å². The van der Waals surface area contributed by atoms with Crippen molar-refractivity contribution in [1.82, 2.24) is 0 Å². The molecule has 2 heteroatoms. The Labute approximate surface area is 143 Å². The van der Waals surface area contributed by atoms with Gasteiger partial charge in [0.25, 0.3) is 0 Å². The average Bonchev–Trinajstić information content (AvgIpc) is 2.60. The van der Waals surface area contributed by atoms with E-state index in [1.165, 1.54) is 38.5 Å². The molecule has 1 aromatic carbocycles. The van der Waals surface area contributed by atoms with E-state index in [1.807, 2.05) is 6.07 Å². The van der Waals surface area contributed by atoms with Crippen LogP contribution >= 0.6 is 0 Å². The number of benzene rings is 1. The smallest absolute Gasteiger partial charge is 0.197 e. The first-order valence-electron chi connectivity index (χ1n) is 9.40. The molecule has 0 radical (unpaired) electrons. The molecule has 0 aliphatic heterocycles. The van der Waals surface area contributed by atoms with Gasteiger partial charge in [-0.3, -0.25) is 0 Å². The Morgan fingerprint density at radius 1 is 0.783 bits per heavy atom. The van der Waals surface area contributed by atoms with Crippen LogP contribution in [0.1, 0.15) is 77.2 Å². The van der Waals surface area contributed by atoms with Crippen molar-refractivity contribution in [2.75, 3.05) is 14.2 Å². The number of ether oxygens (including phenoxy) is 2. The standard InChI is InChI=1S/C21H36O2/c1-5-7-8-9-10-12-16-19(15-6-2)21(22-3,23-4)20-17-13-11-14-18-20/h11,13-14,17-19H,5-10,12,15-16H2,1-4H3. The predicted octanol–water partition coefficient (Wildman–Crippen LogP) is 6.30. The van der Waals surface area contributed by atoms with Gasteiger partial charge in [0.1, 0.15) is 0 Å². The summed E-state index contributed by atoms with van der Waals surface area (Å²) in [5.74, 6) is -0.211. The highest BCUT2D eigenvalue weighted by Crippen LogP contribution is 2.39. The molecular formula is C21H36O2. The van der Waals surface area contributed by atoms with Crippen LogP contribution in [0.5, 0.6) is 0 Å². The summed E-state index contributed by atoms with van der Waals surface area (Å²) >= 11 is 0. The highest BCUT2D eigenvalue weighted by atomic mass is 16.7. The van der Waals surface area contributed by atoms with Gasteiger partial charge in [0.05, 0.1) is 0 Å². The third-order valence-electron chi connectivity index (χ3n) is 4.86. The molecule has 132 valence electrons. The normalized spacial score (nSPS) is 13.2. The highest BCUT2D eigenvalue weighted by Gasteiger charge is 2.40. The Balaban J connectivity index is 2.74. The molecule has 1 aromatic rings. The molecule has 0 saturated carbocycles. The molecule has 1 unspecified atom stereocenters. The number of hydrogen-bond acceptors (Lipinski definition) is 2. The van der Waals surface area contributed by atoms with Gasteiger partial charge in [0.2, 0.25) is 0 Å². The van der Waals surface area contributed by atoms with Crippen LogP contribution < -0.4 is 0 Å². The van der Waals surface area contributed by atoms with Gasteiger partial charge >= 0.3 is 0 Å². The molecule has 0 amide bonds. The first-order valence-corrected chi connectivity index (χ1v) is 9.40. The van der Waals surface area contributed by atoms with Crippen molar-refractivity contribution >= 4 is 0 Å². The molecule has 1 atom stereocenters.